The number of ketones is 2. The number of carbonyl (C=O) groups excluding carboxylic acids is 2. The average molecular weight is 1450 g/mol. The van der Waals surface area contributed by atoms with Crippen LogP contribution in [0.15, 0.2) is 206 Å². The molecule has 11 aromatic rings. The van der Waals surface area contributed by atoms with E-state index in [4.69, 9.17) is 9.97 Å². The van der Waals surface area contributed by atoms with Gasteiger partial charge in [0.1, 0.15) is 35.3 Å². The summed E-state index contributed by atoms with van der Waals surface area (Å²) >= 11 is 0. The molecule has 105 heavy (non-hydrogen) atoms. The second-order valence-electron chi connectivity index (χ2n) is 26.1. The van der Waals surface area contributed by atoms with Crippen molar-refractivity contribution in [3.05, 3.63) is 229 Å². The van der Waals surface area contributed by atoms with Gasteiger partial charge in [-0.2, -0.15) is 0 Å². The number of hydrogen-bond donors (Lipinski definition) is 6. The number of nitrogens with one attached hydrogen (secondary N) is 2. The summed E-state index contributed by atoms with van der Waals surface area (Å²) < 4.78 is 74.9. The first-order valence-corrected chi connectivity index (χ1v) is 36.8. The number of aromatic nitrogens is 7. The van der Waals surface area contributed by atoms with Crippen molar-refractivity contribution in [1.29, 1.82) is 0 Å². The molecule has 0 aliphatic carbocycles. The van der Waals surface area contributed by atoms with Crippen molar-refractivity contribution >= 4 is 55.0 Å². The molecule has 0 radical (unpaired) electrons. The quantitative estimate of drug-likeness (QED) is 0.0219. The molecule has 7 aromatic carbocycles. The molecule has 0 bridgehead atoms. The number of aliphatic hydroxyl groups is 4. The Morgan fingerprint density at radius 3 is 1.59 bits per heavy atom. The van der Waals surface area contributed by atoms with E-state index in [-0.39, 0.29) is 80.1 Å². The van der Waals surface area contributed by atoms with E-state index in [1.165, 1.54) is 41.7 Å². The SMILES string of the molecule is CC(=O)CC(NCc1ccc(-c2cncnc2)cc1)c1ccc2c(c1)nc(-c1ccc(N(CCO)CCO)cc1)n2Cc1ccc(OC(F)(F)F)cc1.CC(=O)CC(NCc1cccn1S(=O)(=O)c1ccccc1)c1ccc2c(c1)nc(-c1ccc(N(CCO)CCO)cc1)n2CCCN1CCCCC1. The Bertz CT molecular complexity index is 4720. The Morgan fingerprint density at radius 2 is 1.07 bits per heavy atom. The number of nitrogens with zero attached hydrogens (tertiary/aromatic N) is 10. The number of benzene rings is 7. The number of likely N-dealkylation sites (tertiary alicyclic amines) is 1. The third-order valence-electron chi connectivity index (χ3n) is 18.6. The Hall–Kier alpha value is -9.96. The first kappa shape index (κ1) is 76.2. The Balaban J connectivity index is 0.000000210. The van der Waals surface area contributed by atoms with Gasteiger partial charge in [0.05, 0.1) is 53.4 Å². The lowest BCUT2D eigenvalue weighted by atomic mass is 10.0. The standard InChI is InChI=1S/C40H39F3N6O4.C40H50N6O5S/c1-27(52)20-36(46-22-28-2-6-30(7-3-28)33-23-44-26-45-24-33)32-10-15-38-37(21-32)47-39(31-8-11-34(12-9-31)48(16-18-50)17-19-51)49(38)25-29-4-13-35(14-5-29)53-40(41,42)43;1-31(49)28-37(41-30-35-10-8-23-46(35)52(50,51)36-11-4-2-5-12-36)33-15-18-39-38(29-33)42-40(45(39)22-9-21-43-19-6-3-7-20-43)32-13-16-34(17-14-32)44(24-26-47)25-27-48/h2-15,21,23-24,26,36,46,50-51H,16-20,22,25H2,1H3;2,4-5,8,10-18,23,29,37,41,47-48H,3,6-7,9,19-22,24-28,30H2,1H3. The lowest BCUT2D eigenvalue weighted by Crippen LogP contribution is -2.31. The van der Waals surface area contributed by atoms with Crippen molar-refractivity contribution in [3.8, 4) is 39.7 Å². The molecule has 2 atom stereocenters. The Kier molecular flexibility index (Phi) is 26.2. The van der Waals surface area contributed by atoms with Crippen molar-refractivity contribution in [3.63, 3.8) is 0 Å². The number of piperidine rings is 1. The number of hydrogen-bond acceptors (Lipinski definition) is 18. The lowest BCUT2D eigenvalue weighted by molar-refractivity contribution is -0.274. The van der Waals surface area contributed by atoms with Gasteiger partial charge in [0.25, 0.3) is 10.0 Å². The lowest BCUT2D eigenvalue weighted by Gasteiger charge is -2.26. The summed E-state index contributed by atoms with van der Waals surface area (Å²) in [6.07, 6.45) is 7.07. The molecule has 12 rings (SSSR count). The zero-order valence-corrected chi connectivity index (χ0v) is 59.7. The van der Waals surface area contributed by atoms with Crippen LogP contribution in [-0.4, -0.2) is 157 Å². The van der Waals surface area contributed by atoms with Crippen LogP contribution in [0.2, 0.25) is 0 Å². The largest absolute Gasteiger partial charge is 0.573 e. The van der Waals surface area contributed by atoms with Crippen molar-refractivity contribution in [1.82, 2.24) is 48.6 Å². The van der Waals surface area contributed by atoms with Gasteiger partial charge in [-0.25, -0.2) is 32.3 Å². The summed E-state index contributed by atoms with van der Waals surface area (Å²) in [7, 11) is -3.78. The number of anilines is 2. The molecule has 1 saturated heterocycles. The van der Waals surface area contributed by atoms with Gasteiger partial charge in [-0.15, -0.1) is 13.2 Å². The third-order valence-corrected chi connectivity index (χ3v) is 20.4. The number of alkyl halides is 3. The molecule has 0 saturated carbocycles. The summed E-state index contributed by atoms with van der Waals surface area (Å²) in [5.74, 6) is 1.23. The molecule has 5 heterocycles. The van der Waals surface area contributed by atoms with Crippen LogP contribution < -0.4 is 25.2 Å². The van der Waals surface area contributed by atoms with E-state index in [1.807, 2.05) is 117 Å². The highest BCUT2D eigenvalue weighted by molar-refractivity contribution is 7.90. The average Bonchev–Trinajstić information content (AvgIpc) is 1.65. The first-order valence-electron chi connectivity index (χ1n) is 35.4. The van der Waals surface area contributed by atoms with E-state index in [2.05, 4.69) is 40.9 Å². The highest BCUT2D eigenvalue weighted by Gasteiger charge is 2.31. The van der Waals surface area contributed by atoms with Gasteiger partial charge in [0, 0.05) is 130 Å². The van der Waals surface area contributed by atoms with Crippen LogP contribution in [0.25, 0.3) is 56.0 Å². The number of aryl methyl sites for hydroxylation is 1. The fourth-order valence-electron chi connectivity index (χ4n) is 13.4. The summed E-state index contributed by atoms with van der Waals surface area (Å²) in [6.45, 7) is 9.75. The minimum absolute atomic E-state index is 0.00406. The molecule has 1 aliphatic heterocycles. The first-order chi connectivity index (χ1) is 50.9. The molecule has 0 spiro atoms. The minimum atomic E-state index is -4.79. The van der Waals surface area contributed by atoms with Crippen molar-refractivity contribution in [2.24, 2.45) is 0 Å². The van der Waals surface area contributed by atoms with Gasteiger partial charge in [-0.3, -0.25) is 9.59 Å². The van der Waals surface area contributed by atoms with Crippen LogP contribution in [0.3, 0.4) is 0 Å². The number of fused-ring (bicyclic) bond motifs is 2. The number of Topliss-reactive ketones (excluding diaryl/α,β-unsaturated/α-hetero) is 2. The zero-order valence-electron chi connectivity index (χ0n) is 58.9. The molecular weight excluding hydrogens is 1360 g/mol. The summed E-state index contributed by atoms with van der Waals surface area (Å²) in [5, 5.41) is 45.1. The van der Waals surface area contributed by atoms with E-state index in [1.54, 1.807) is 87.0 Å². The number of imidazole rings is 2. The van der Waals surface area contributed by atoms with Gasteiger partial charge in [0.2, 0.25) is 0 Å². The Morgan fingerprint density at radius 1 is 0.562 bits per heavy atom. The van der Waals surface area contributed by atoms with Crippen LogP contribution in [0.4, 0.5) is 24.5 Å². The van der Waals surface area contributed by atoms with Crippen molar-refractivity contribution < 1.29 is 56.3 Å². The topological polar surface area (TPSA) is 259 Å². The highest BCUT2D eigenvalue weighted by atomic mass is 32.2. The molecule has 25 heteroatoms. The molecule has 21 nitrogen and oxygen atoms in total. The molecule has 0 amide bonds. The maximum absolute atomic E-state index is 13.4. The summed E-state index contributed by atoms with van der Waals surface area (Å²) in [5.41, 5.74) is 12.9. The van der Waals surface area contributed by atoms with Crippen LogP contribution in [0.5, 0.6) is 5.75 Å². The normalized spacial score (nSPS) is 13.3. The molecule has 2 unspecified atom stereocenters. The van der Waals surface area contributed by atoms with Crippen molar-refractivity contribution in [2.75, 3.05) is 82.0 Å². The predicted molar refractivity (Wildman–Crippen MR) is 401 cm³/mol. The predicted octanol–water partition coefficient (Wildman–Crippen LogP) is 11.9. The van der Waals surface area contributed by atoms with Crippen LogP contribution in [-0.2, 0) is 45.8 Å². The third kappa shape index (κ3) is 20.1. The number of rotatable bonds is 34. The van der Waals surface area contributed by atoms with Crippen molar-refractivity contribution in [2.45, 2.75) is 102 Å². The molecule has 1 fully saturated rings. The van der Waals surface area contributed by atoms with Crippen LogP contribution >= 0.6 is 0 Å². The molecule has 6 N–H and O–H groups in total. The van der Waals surface area contributed by atoms with Gasteiger partial charge in [0.15, 0.2) is 0 Å². The number of aliphatic hydroxyl groups excluding tert-OH is 4. The van der Waals surface area contributed by atoms with Crippen LogP contribution in [0, 0.1) is 0 Å². The maximum atomic E-state index is 13.4. The second-order valence-corrected chi connectivity index (χ2v) is 27.9. The number of carbonyl (C=O) groups is 2. The second kappa shape index (κ2) is 36.2. The van der Waals surface area contributed by atoms with Crippen LogP contribution in [0.1, 0.15) is 92.4 Å². The maximum Gasteiger partial charge on any atom is 0.573 e. The minimum Gasteiger partial charge on any atom is -0.406 e. The van der Waals surface area contributed by atoms with Gasteiger partial charge in [-0.1, -0.05) is 73.2 Å². The number of halogens is 3. The van der Waals surface area contributed by atoms with E-state index in [9.17, 15) is 51.6 Å². The Labute approximate surface area is 609 Å². The summed E-state index contributed by atoms with van der Waals surface area (Å²) in [4.78, 5) is 49.9. The van der Waals surface area contributed by atoms with Gasteiger partial charge >= 0.3 is 6.36 Å². The fraction of sp³-hybridized carbons (Fsp3) is 0.325. The molecule has 4 aromatic heterocycles. The smallest absolute Gasteiger partial charge is 0.406 e. The zero-order chi connectivity index (χ0) is 73.9. The monoisotopic (exact) mass is 1450 g/mol. The fourth-order valence-corrected chi connectivity index (χ4v) is 14.8. The molecular formula is C80H89F3N12O9S. The molecule has 550 valence electrons. The molecule has 1 aliphatic rings. The van der Waals surface area contributed by atoms with E-state index in [0.717, 1.165) is 111 Å². The van der Waals surface area contributed by atoms with E-state index >= 15 is 0 Å². The van der Waals surface area contributed by atoms with E-state index < -0.39 is 16.4 Å². The van der Waals surface area contributed by atoms with E-state index in [0.29, 0.717) is 56.3 Å². The highest BCUT2D eigenvalue weighted by Crippen LogP contribution is 2.34. The number of ether oxygens (including phenoxy) is 1. The summed E-state index contributed by atoms with van der Waals surface area (Å²) in [6, 6.07) is 52.7. The van der Waals surface area contributed by atoms with Gasteiger partial charge in [-0.05, 0) is 190 Å². The van der Waals surface area contributed by atoms with Gasteiger partial charge < -0.3 is 59.6 Å².